The molecule has 1 amide bonds. The van der Waals surface area contributed by atoms with E-state index in [1.807, 2.05) is 0 Å². The summed E-state index contributed by atoms with van der Waals surface area (Å²) in [5.74, 6) is -0.805. The summed E-state index contributed by atoms with van der Waals surface area (Å²) in [6.07, 6.45) is 0. The van der Waals surface area contributed by atoms with Crippen LogP contribution in [-0.4, -0.2) is 5.91 Å². The van der Waals surface area contributed by atoms with E-state index < -0.39 is 11.7 Å². The second kappa shape index (κ2) is 6.66. The fraction of sp³-hybridized carbons (Fsp3) is 0.105. The molecule has 0 radical (unpaired) electrons. The van der Waals surface area contributed by atoms with Gasteiger partial charge in [-0.1, -0.05) is 24.3 Å². The molecule has 1 heterocycles. The van der Waals surface area contributed by atoms with E-state index in [0.29, 0.717) is 5.56 Å². The van der Waals surface area contributed by atoms with Crippen molar-refractivity contribution < 1.29 is 18.0 Å². The molecule has 0 fully saturated rings. The maximum absolute atomic E-state index is 13.8. The molecule has 0 bridgehead atoms. The quantitative estimate of drug-likeness (QED) is 0.753. The first kappa shape index (κ1) is 15.9. The zero-order valence-corrected chi connectivity index (χ0v) is 12.9. The molecule has 3 rings (SSSR count). The number of benzene rings is 2. The minimum atomic E-state index is -0.422. The number of carbonyl (C=O) groups is 1. The molecular formula is C19H15F2NO2. The average molecular weight is 327 g/mol. The molecule has 122 valence electrons. The molecule has 0 saturated carbocycles. The number of nitrogens with one attached hydrogen (secondary N) is 1. The van der Waals surface area contributed by atoms with Gasteiger partial charge in [-0.15, -0.1) is 0 Å². The van der Waals surface area contributed by atoms with Crippen LogP contribution >= 0.6 is 0 Å². The van der Waals surface area contributed by atoms with Gasteiger partial charge in [-0.25, -0.2) is 8.78 Å². The van der Waals surface area contributed by atoms with Gasteiger partial charge in [0.05, 0.1) is 11.6 Å². The lowest BCUT2D eigenvalue weighted by Gasteiger charge is -2.13. The highest BCUT2D eigenvalue weighted by molar-refractivity contribution is 5.92. The van der Waals surface area contributed by atoms with Gasteiger partial charge in [-0.3, -0.25) is 4.79 Å². The molecule has 0 spiro atoms. The molecule has 0 aliphatic rings. The number of amides is 1. The van der Waals surface area contributed by atoms with Crippen molar-refractivity contribution in [2.24, 2.45) is 0 Å². The fourth-order valence-corrected chi connectivity index (χ4v) is 2.37. The third-order valence-corrected chi connectivity index (χ3v) is 3.69. The molecule has 1 N–H and O–H groups in total. The van der Waals surface area contributed by atoms with Gasteiger partial charge in [0.1, 0.15) is 17.4 Å². The summed E-state index contributed by atoms with van der Waals surface area (Å²) in [5.41, 5.74) is 1.06. The Kier molecular flexibility index (Phi) is 4.42. The van der Waals surface area contributed by atoms with Crippen LogP contribution in [0.15, 0.2) is 65.1 Å². The highest BCUT2D eigenvalue weighted by Crippen LogP contribution is 2.25. The highest BCUT2D eigenvalue weighted by Gasteiger charge is 2.16. The molecule has 1 atom stereocenters. The van der Waals surface area contributed by atoms with Crippen LogP contribution in [-0.2, 0) is 0 Å². The third kappa shape index (κ3) is 3.35. The van der Waals surface area contributed by atoms with Gasteiger partial charge in [-0.05, 0) is 48.9 Å². The minimum absolute atomic E-state index is 0.0854. The van der Waals surface area contributed by atoms with Crippen molar-refractivity contribution in [2.45, 2.75) is 13.0 Å². The standard InChI is InChI=1S/C19H15F2NO2/c1-12(13-6-8-14(20)9-7-13)22-19(23)18-11-10-17(24-18)15-4-2-3-5-16(15)21/h2-12H,1H3,(H,22,23)/t12-/m0/s1. The topological polar surface area (TPSA) is 42.2 Å². The van der Waals surface area contributed by atoms with Crippen LogP contribution in [0.1, 0.15) is 29.1 Å². The highest BCUT2D eigenvalue weighted by atomic mass is 19.1. The monoisotopic (exact) mass is 327 g/mol. The summed E-state index contributed by atoms with van der Waals surface area (Å²) in [7, 11) is 0. The number of furan rings is 1. The van der Waals surface area contributed by atoms with Gasteiger partial charge in [0, 0.05) is 0 Å². The van der Waals surface area contributed by atoms with Crippen LogP contribution < -0.4 is 5.32 Å². The molecule has 3 aromatic rings. The van der Waals surface area contributed by atoms with Crippen LogP contribution in [0.3, 0.4) is 0 Å². The van der Waals surface area contributed by atoms with E-state index >= 15 is 0 Å². The Morgan fingerprint density at radius 1 is 1.00 bits per heavy atom. The number of hydrogen-bond acceptors (Lipinski definition) is 2. The maximum Gasteiger partial charge on any atom is 0.287 e. The normalized spacial score (nSPS) is 12.0. The van der Waals surface area contributed by atoms with Crippen molar-refractivity contribution >= 4 is 5.91 Å². The Balaban J connectivity index is 1.74. The summed E-state index contributed by atoms with van der Waals surface area (Å²) < 4.78 is 32.2. The Hall–Kier alpha value is -2.95. The van der Waals surface area contributed by atoms with E-state index in [9.17, 15) is 13.6 Å². The number of carbonyl (C=O) groups excluding carboxylic acids is 1. The summed E-state index contributed by atoms with van der Waals surface area (Å²) in [6.45, 7) is 1.78. The van der Waals surface area contributed by atoms with Crippen molar-refractivity contribution in [3.8, 4) is 11.3 Å². The first-order valence-corrected chi connectivity index (χ1v) is 7.45. The molecule has 5 heteroatoms. The van der Waals surface area contributed by atoms with E-state index in [2.05, 4.69) is 5.32 Å². The minimum Gasteiger partial charge on any atom is -0.451 e. The van der Waals surface area contributed by atoms with Crippen LogP contribution in [0, 0.1) is 11.6 Å². The van der Waals surface area contributed by atoms with Crippen LogP contribution in [0.25, 0.3) is 11.3 Å². The van der Waals surface area contributed by atoms with Crippen molar-refractivity contribution in [2.75, 3.05) is 0 Å². The van der Waals surface area contributed by atoms with Crippen molar-refractivity contribution in [1.29, 1.82) is 0 Å². The molecule has 1 aromatic heterocycles. The van der Waals surface area contributed by atoms with Crippen LogP contribution in [0.2, 0.25) is 0 Å². The smallest absolute Gasteiger partial charge is 0.287 e. The zero-order valence-electron chi connectivity index (χ0n) is 12.9. The molecule has 2 aromatic carbocycles. The molecule has 0 aliphatic heterocycles. The van der Waals surface area contributed by atoms with Crippen molar-refractivity contribution in [3.05, 3.63) is 83.6 Å². The molecule has 3 nitrogen and oxygen atoms in total. The summed E-state index contributed by atoms with van der Waals surface area (Å²) in [5, 5.41) is 2.76. The number of halogens is 2. The van der Waals surface area contributed by atoms with Gasteiger partial charge in [0.15, 0.2) is 5.76 Å². The van der Waals surface area contributed by atoms with Gasteiger partial charge in [0.25, 0.3) is 5.91 Å². The van der Waals surface area contributed by atoms with E-state index in [1.165, 1.54) is 24.3 Å². The molecule has 0 unspecified atom stereocenters. The summed E-state index contributed by atoms with van der Waals surface area (Å²) in [4.78, 5) is 12.3. The van der Waals surface area contributed by atoms with Gasteiger partial charge in [0.2, 0.25) is 0 Å². The van der Waals surface area contributed by atoms with Gasteiger partial charge >= 0.3 is 0 Å². The van der Waals surface area contributed by atoms with E-state index in [-0.39, 0.29) is 23.4 Å². The van der Waals surface area contributed by atoms with E-state index in [0.717, 1.165) is 5.56 Å². The number of hydrogen-bond donors (Lipinski definition) is 1. The van der Waals surface area contributed by atoms with Crippen LogP contribution in [0.4, 0.5) is 8.78 Å². The predicted octanol–water partition coefficient (Wildman–Crippen LogP) is 4.72. The first-order valence-electron chi connectivity index (χ1n) is 7.45. The Morgan fingerprint density at radius 2 is 1.71 bits per heavy atom. The lowest BCUT2D eigenvalue weighted by atomic mass is 10.1. The fourth-order valence-electron chi connectivity index (χ4n) is 2.37. The largest absolute Gasteiger partial charge is 0.451 e. The van der Waals surface area contributed by atoms with Gasteiger partial charge in [-0.2, -0.15) is 0 Å². The average Bonchev–Trinajstić information content (AvgIpc) is 3.05. The third-order valence-electron chi connectivity index (χ3n) is 3.69. The lowest BCUT2D eigenvalue weighted by Crippen LogP contribution is -2.26. The van der Waals surface area contributed by atoms with Crippen molar-refractivity contribution in [3.63, 3.8) is 0 Å². The zero-order chi connectivity index (χ0) is 17.1. The molecule has 0 saturated heterocycles. The van der Waals surface area contributed by atoms with E-state index in [1.54, 1.807) is 43.3 Å². The van der Waals surface area contributed by atoms with E-state index in [4.69, 9.17) is 4.42 Å². The SMILES string of the molecule is C[C@H](NC(=O)c1ccc(-c2ccccc2F)o1)c1ccc(F)cc1. The Labute approximate surface area is 137 Å². The molecule has 0 aliphatic carbocycles. The molecule has 24 heavy (non-hydrogen) atoms. The summed E-state index contributed by atoms with van der Waals surface area (Å²) >= 11 is 0. The van der Waals surface area contributed by atoms with Crippen molar-refractivity contribution in [1.82, 2.24) is 5.32 Å². The van der Waals surface area contributed by atoms with Gasteiger partial charge < -0.3 is 9.73 Å². The predicted molar refractivity (Wildman–Crippen MR) is 86.4 cm³/mol. The second-order valence-electron chi connectivity index (χ2n) is 5.39. The number of rotatable bonds is 4. The summed E-state index contributed by atoms with van der Waals surface area (Å²) in [6, 6.07) is 14.8. The second-order valence-corrected chi connectivity index (χ2v) is 5.39. The van der Waals surface area contributed by atoms with Crippen LogP contribution in [0.5, 0.6) is 0 Å². The lowest BCUT2D eigenvalue weighted by molar-refractivity contribution is 0.0912. The maximum atomic E-state index is 13.8. The Morgan fingerprint density at radius 3 is 2.42 bits per heavy atom. The molecular weight excluding hydrogens is 312 g/mol. The first-order chi connectivity index (χ1) is 11.5. The Bertz CT molecular complexity index is 856.